The Morgan fingerprint density at radius 1 is 0.600 bits per heavy atom. The molecule has 1 aliphatic heterocycles. The van der Waals surface area contributed by atoms with Crippen LogP contribution < -0.4 is 0 Å². The van der Waals surface area contributed by atoms with Crippen LogP contribution in [-0.4, -0.2) is 89.0 Å². The fraction of sp³-hybridized carbons (Fsp3) is 0.644. The second kappa shape index (κ2) is 35.3. The zero-order chi connectivity index (χ0) is 40.2. The highest BCUT2D eigenvalue weighted by Gasteiger charge is 2.44. The van der Waals surface area contributed by atoms with Gasteiger partial charge in [0.15, 0.2) is 12.4 Å². The molecule has 312 valence electrons. The van der Waals surface area contributed by atoms with Gasteiger partial charge in [-0.15, -0.1) is 0 Å². The first-order valence-electron chi connectivity index (χ1n) is 20.7. The first-order valence-corrected chi connectivity index (χ1v) is 20.7. The maximum atomic E-state index is 12.7. The van der Waals surface area contributed by atoms with Gasteiger partial charge in [0.1, 0.15) is 31.0 Å². The molecule has 1 aliphatic rings. The van der Waals surface area contributed by atoms with E-state index in [1.54, 1.807) is 0 Å². The van der Waals surface area contributed by atoms with Crippen molar-refractivity contribution in [1.29, 1.82) is 0 Å². The minimum Gasteiger partial charge on any atom is -0.462 e. The highest BCUT2D eigenvalue weighted by molar-refractivity contribution is 5.70. The number of esters is 2. The molecule has 0 amide bonds. The average molecular weight is 773 g/mol. The summed E-state index contributed by atoms with van der Waals surface area (Å²) in [5.74, 6) is -0.890. The van der Waals surface area contributed by atoms with Crippen molar-refractivity contribution in [2.24, 2.45) is 0 Å². The van der Waals surface area contributed by atoms with Gasteiger partial charge in [-0.3, -0.25) is 9.59 Å². The van der Waals surface area contributed by atoms with Crippen molar-refractivity contribution in [2.75, 3.05) is 19.8 Å². The third-order valence-electron chi connectivity index (χ3n) is 8.86. The van der Waals surface area contributed by atoms with Crippen LogP contribution in [0.15, 0.2) is 85.1 Å². The lowest BCUT2D eigenvalue weighted by atomic mass is 9.99. The highest BCUT2D eigenvalue weighted by atomic mass is 16.7. The van der Waals surface area contributed by atoms with E-state index < -0.39 is 55.4 Å². The van der Waals surface area contributed by atoms with Crippen LogP contribution in [0.25, 0.3) is 0 Å². The number of rotatable bonds is 32. The number of aliphatic hydroxyl groups excluding tert-OH is 4. The molecule has 0 spiro atoms. The summed E-state index contributed by atoms with van der Waals surface area (Å²) in [4.78, 5) is 25.2. The average Bonchev–Trinajstić information content (AvgIpc) is 3.18. The summed E-state index contributed by atoms with van der Waals surface area (Å²) >= 11 is 0. The first-order chi connectivity index (χ1) is 26.8. The molecule has 6 atom stereocenters. The van der Waals surface area contributed by atoms with Crippen LogP contribution in [0.4, 0.5) is 0 Å². The first kappa shape index (κ1) is 49.9. The van der Waals surface area contributed by atoms with Crippen molar-refractivity contribution >= 4 is 11.9 Å². The van der Waals surface area contributed by atoms with Crippen LogP contribution >= 0.6 is 0 Å². The van der Waals surface area contributed by atoms with E-state index in [0.29, 0.717) is 12.8 Å². The minimum atomic E-state index is -1.61. The molecule has 0 aromatic carbocycles. The summed E-state index contributed by atoms with van der Waals surface area (Å²) in [6, 6.07) is 0. The van der Waals surface area contributed by atoms with Gasteiger partial charge in [-0.2, -0.15) is 0 Å². The Kier molecular flexibility index (Phi) is 32.0. The summed E-state index contributed by atoms with van der Waals surface area (Å²) in [5.41, 5.74) is 0. The maximum Gasteiger partial charge on any atom is 0.306 e. The Balaban J connectivity index is 2.43. The smallest absolute Gasteiger partial charge is 0.306 e. The SMILES string of the molecule is CC/C=C/C=C/C=C/C=C/CCCCCCCC(=O)OC[C@@H](CO[C@H]1O[C@@H](CO)[C@@H](O)C(O)C1O)OC(=O)CCCC/C=C/C/C=C/C/C=C/CCCCC. The van der Waals surface area contributed by atoms with Crippen molar-refractivity contribution in [3.63, 3.8) is 0 Å². The zero-order valence-electron chi connectivity index (χ0n) is 33.6. The number of ether oxygens (including phenoxy) is 4. The lowest BCUT2D eigenvalue weighted by molar-refractivity contribution is -0.305. The molecule has 0 aromatic heterocycles. The molecule has 1 saturated heterocycles. The normalized spacial score (nSPS) is 21.5. The number of allylic oxidation sites excluding steroid dienone is 14. The molecule has 0 saturated carbocycles. The Morgan fingerprint density at radius 2 is 1.15 bits per heavy atom. The molecule has 0 bridgehead atoms. The molecule has 2 unspecified atom stereocenters. The van der Waals surface area contributed by atoms with E-state index in [9.17, 15) is 30.0 Å². The Morgan fingerprint density at radius 3 is 1.82 bits per heavy atom. The monoisotopic (exact) mass is 773 g/mol. The van der Waals surface area contributed by atoms with Gasteiger partial charge in [-0.1, -0.05) is 131 Å². The van der Waals surface area contributed by atoms with Gasteiger partial charge in [0.2, 0.25) is 0 Å². The van der Waals surface area contributed by atoms with Crippen LogP contribution in [0, 0.1) is 0 Å². The Bertz CT molecular complexity index is 1170. The molecule has 4 N–H and O–H groups in total. The number of carbonyl (C=O) groups is 2. The number of aliphatic hydroxyl groups is 4. The van der Waals surface area contributed by atoms with Gasteiger partial charge < -0.3 is 39.4 Å². The molecule has 1 fully saturated rings. The van der Waals surface area contributed by atoms with E-state index in [0.717, 1.165) is 70.6 Å². The lowest BCUT2D eigenvalue weighted by Gasteiger charge is -2.39. The molecule has 55 heavy (non-hydrogen) atoms. The van der Waals surface area contributed by atoms with Crippen LogP contribution in [0.5, 0.6) is 0 Å². The van der Waals surface area contributed by atoms with E-state index >= 15 is 0 Å². The highest BCUT2D eigenvalue weighted by Crippen LogP contribution is 2.22. The van der Waals surface area contributed by atoms with Crippen molar-refractivity contribution in [3.8, 4) is 0 Å². The van der Waals surface area contributed by atoms with E-state index in [-0.39, 0.29) is 26.1 Å². The molecule has 1 heterocycles. The third-order valence-corrected chi connectivity index (χ3v) is 8.86. The van der Waals surface area contributed by atoms with Gasteiger partial charge >= 0.3 is 11.9 Å². The van der Waals surface area contributed by atoms with Gasteiger partial charge in [0, 0.05) is 12.8 Å². The number of hydrogen-bond donors (Lipinski definition) is 4. The van der Waals surface area contributed by atoms with Crippen LogP contribution in [0.3, 0.4) is 0 Å². The van der Waals surface area contributed by atoms with Crippen molar-refractivity contribution < 1.29 is 49.0 Å². The Labute approximate surface area is 331 Å². The second-order valence-corrected chi connectivity index (χ2v) is 13.8. The van der Waals surface area contributed by atoms with Crippen LogP contribution in [0.1, 0.15) is 129 Å². The molecule has 0 radical (unpaired) electrons. The summed E-state index contributed by atoms with van der Waals surface area (Å²) in [6.45, 7) is 3.16. The Hall–Kier alpha value is -3.12. The van der Waals surface area contributed by atoms with Crippen molar-refractivity contribution in [2.45, 2.75) is 166 Å². The van der Waals surface area contributed by atoms with Crippen molar-refractivity contribution in [3.05, 3.63) is 85.1 Å². The van der Waals surface area contributed by atoms with E-state index in [2.05, 4.69) is 68.5 Å². The van der Waals surface area contributed by atoms with E-state index in [1.807, 2.05) is 30.4 Å². The minimum absolute atomic E-state index is 0.170. The molecular formula is C45H72O10. The third kappa shape index (κ3) is 27.2. The van der Waals surface area contributed by atoms with Crippen LogP contribution in [-0.2, 0) is 28.5 Å². The molecule has 0 aliphatic carbocycles. The molecule has 0 aromatic rings. The van der Waals surface area contributed by atoms with Gasteiger partial charge in [0.25, 0.3) is 0 Å². The quantitative estimate of drug-likeness (QED) is 0.0228. The van der Waals surface area contributed by atoms with Crippen molar-refractivity contribution in [1.82, 2.24) is 0 Å². The summed E-state index contributed by atoms with van der Waals surface area (Å²) in [5, 5.41) is 40.0. The van der Waals surface area contributed by atoms with E-state index in [4.69, 9.17) is 18.9 Å². The molecule has 10 heteroatoms. The fourth-order valence-electron chi connectivity index (χ4n) is 5.56. The predicted molar refractivity (Wildman–Crippen MR) is 219 cm³/mol. The summed E-state index contributed by atoms with van der Waals surface area (Å²) in [6.07, 6.45) is 37.3. The number of unbranched alkanes of at least 4 members (excludes halogenated alkanes) is 10. The van der Waals surface area contributed by atoms with E-state index in [1.165, 1.54) is 19.3 Å². The summed E-state index contributed by atoms with van der Waals surface area (Å²) in [7, 11) is 0. The topological polar surface area (TPSA) is 152 Å². The lowest BCUT2D eigenvalue weighted by Crippen LogP contribution is -2.59. The number of hydrogen-bond acceptors (Lipinski definition) is 10. The molecule has 1 rings (SSSR count). The van der Waals surface area contributed by atoms with Gasteiger partial charge in [-0.25, -0.2) is 0 Å². The fourth-order valence-corrected chi connectivity index (χ4v) is 5.56. The van der Waals surface area contributed by atoms with Gasteiger partial charge in [0.05, 0.1) is 13.2 Å². The zero-order valence-corrected chi connectivity index (χ0v) is 33.6. The predicted octanol–water partition coefficient (Wildman–Crippen LogP) is 8.21. The molecule has 10 nitrogen and oxygen atoms in total. The second-order valence-electron chi connectivity index (χ2n) is 13.8. The molecular weight excluding hydrogens is 700 g/mol. The van der Waals surface area contributed by atoms with Crippen LogP contribution in [0.2, 0.25) is 0 Å². The standard InChI is InChI=1S/C45H72O10/c1-3-5-7-9-11-13-15-17-19-21-23-25-27-29-31-33-40(47)52-36-38(37-53-45-44(51)43(50)42(49)39(35-46)55-45)54-41(48)34-32-30-28-26-24-22-20-18-16-14-12-10-8-6-4-2/h5,7,9,11-15,17-20,24,26,38-39,42-46,49-51H,3-4,6,8,10,16,21-23,25,27-37H2,1-2H3/b7-5+,11-9+,14-12+,15-13+,19-17+,20-18+,26-24+/t38-,39-,42+,43?,44?,45-/m0/s1. The summed E-state index contributed by atoms with van der Waals surface area (Å²) < 4.78 is 22.0. The number of carbonyl (C=O) groups excluding carboxylic acids is 2. The largest absolute Gasteiger partial charge is 0.462 e. The maximum absolute atomic E-state index is 12.7. The van der Waals surface area contributed by atoms with Gasteiger partial charge in [-0.05, 0) is 70.6 Å².